The van der Waals surface area contributed by atoms with E-state index in [9.17, 15) is 19.8 Å². The zero-order valence-electron chi connectivity index (χ0n) is 27.7. The molecule has 0 aromatic rings. The lowest BCUT2D eigenvalue weighted by molar-refractivity contribution is -0.123. The van der Waals surface area contributed by atoms with Gasteiger partial charge in [-0.2, -0.15) is 0 Å². The van der Waals surface area contributed by atoms with E-state index in [2.05, 4.69) is 43.5 Å². The van der Waals surface area contributed by atoms with Gasteiger partial charge in [-0.25, -0.2) is 0 Å². The Morgan fingerprint density at radius 1 is 0.628 bits per heavy atom. The normalized spacial score (nSPS) is 13.8. The van der Waals surface area contributed by atoms with Gasteiger partial charge in [-0.3, -0.25) is 9.59 Å². The zero-order valence-corrected chi connectivity index (χ0v) is 27.7. The van der Waals surface area contributed by atoms with Gasteiger partial charge in [0.05, 0.1) is 18.8 Å². The van der Waals surface area contributed by atoms with Crippen LogP contribution in [0.1, 0.15) is 149 Å². The molecule has 5 nitrogen and oxygen atoms in total. The summed E-state index contributed by atoms with van der Waals surface area (Å²) in [7, 11) is 0. The SMILES string of the molecule is CCCCCCCCCCCCC/C=C/[C@@H](O)[C@H](CO)NC(=O)CCC/C=C\C/C=C\C/C=C\C=C\C(=O)CCCCC. The summed E-state index contributed by atoms with van der Waals surface area (Å²) in [5.41, 5.74) is 0. The highest BCUT2D eigenvalue weighted by Crippen LogP contribution is 2.12. The molecule has 0 rings (SSSR count). The van der Waals surface area contributed by atoms with E-state index in [1.807, 2.05) is 24.3 Å². The fourth-order valence-electron chi connectivity index (χ4n) is 4.71. The third-order valence-corrected chi connectivity index (χ3v) is 7.47. The summed E-state index contributed by atoms with van der Waals surface area (Å²) >= 11 is 0. The molecule has 0 bridgehead atoms. The maximum Gasteiger partial charge on any atom is 0.220 e. The van der Waals surface area contributed by atoms with Crippen LogP contribution in [-0.4, -0.2) is 40.7 Å². The maximum atomic E-state index is 12.3. The van der Waals surface area contributed by atoms with Gasteiger partial charge in [0, 0.05) is 12.8 Å². The Morgan fingerprint density at radius 3 is 1.84 bits per heavy atom. The Bertz CT molecular complexity index is 796. The quantitative estimate of drug-likeness (QED) is 0.0332. The van der Waals surface area contributed by atoms with Gasteiger partial charge in [-0.05, 0) is 51.0 Å². The average molecular weight is 600 g/mol. The highest BCUT2D eigenvalue weighted by atomic mass is 16.3. The molecule has 246 valence electrons. The highest BCUT2D eigenvalue weighted by molar-refractivity contribution is 5.89. The number of hydrogen-bond acceptors (Lipinski definition) is 4. The minimum absolute atomic E-state index is 0.145. The number of nitrogens with one attached hydrogen (secondary N) is 1. The van der Waals surface area contributed by atoms with E-state index in [1.165, 1.54) is 64.2 Å². The molecule has 0 aromatic carbocycles. The van der Waals surface area contributed by atoms with Crippen molar-refractivity contribution in [3.05, 3.63) is 60.8 Å². The summed E-state index contributed by atoms with van der Waals surface area (Å²) in [5.74, 6) is 0.0492. The van der Waals surface area contributed by atoms with Crippen LogP contribution in [0.25, 0.3) is 0 Å². The molecule has 0 aromatic heterocycles. The average Bonchev–Trinajstić information content (AvgIpc) is 3.00. The number of allylic oxidation sites excluding steroid dienone is 9. The second-order valence-corrected chi connectivity index (χ2v) is 11.6. The molecule has 0 radical (unpaired) electrons. The van der Waals surface area contributed by atoms with Gasteiger partial charge in [0.25, 0.3) is 0 Å². The van der Waals surface area contributed by atoms with E-state index in [1.54, 1.807) is 12.2 Å². The van der Waals surface area contributed by atoms with Gasteiger partial charge in [0.15, 0.2) is 5.78 Å². The van der Waals surface area contributed by atoms with Crippen molar-refractivity contribution in [3.63, 3.8) is 0 Å². The number of amides is 1. The Labute approximate surface area is 264 Å². The van der Waals surface area contributed by atoms with Crippen LogP contribution in [0.2, 0.25) is 0 Å². The number of hydrogen-bond donors (Lipinski definition) is 3. The first-order valence-corrected chi connectivity index (χ1v) is 17.5. The van der Waals surface area contributed by atoms with Crippen molar-refractivity contribution in [2.75, 3.05) is 6.61 Å². The zero-order chi connectivity index (χ0) is 31.6. The summed E-state index contributed by atoms with van der Waals surface area (Å²) < 4.78 is 0. The molecule has 0 fully saturated rings. The molecule has 3 N–H and O–H groups in total. The summed E-state index contributed by atoms with van der Waals surface area (Å²) in [4.78, 5) is 23.9. The second kappa shape index (κ2) is 32.7. The van der Waals surface area contributed by atoms with Gasteiger partial charge in [-0.1, -0.05) is 146 Å². The van der Waals surface area contributed by atoms with Gasteiger partial charge in [0.1, 0.15) is 0 Å². The van der Waals surface area contributed by atoms with E-state index >= 15 is 0 Å². The van der Waals surface area contributed by atoms with Crippen LogP contribution in [0, 0.1) is 0 Å². The van der Waals surface area contributed by atoms with Crippen LogP contribution < -0.4 is 5.32 Å². The van der Waals surface area contributed by atoms with E-state index in [-0.39, 0.29) is 18.3 Å². The Hall–Kier alpha value is -2.24. The lowest BCUT2D eigenvalue weighted by Crippen LogP contribution is -2.45. The third kappa shape index (κ3) is 29.6. The number of aliphatic hydroxyl groups is 2. The van der Waals surface area contributed by atoms with Gasteiger partial charge >= 0.3 is 0 Å². The van der Waals surface area contributed by atoms with Crippen molar-refractivity contribution in [3.8, 4) is 0 Å². The topological polar surface area (TPSA) is 86.6 Å². The van der Waals surface area contributed by atoms with Crippen molar-refractivity contribution < 1.29 is 19.8 Å². The lowest BCUT2D eigenvalue weighted by Gasteiger charge is -2.19. The monoisotopic (exact) mass is 599 g/mol. The fraction of sp³-hybridized carbons (Fsp3) is 0.684. The Morgan fingerprint density at radius 2 is 1.19 bits per heavy atom. The first-order valence-electron chi connectivity index (χ1n) is 17.5. The number of carbonyl (C=O) groups excluding carboxylic acids is 2. The third-order valence-electron chi connectivity index (χ3n) is 7.47. The van der Waals surface area contributed by atoms with Crippen LogP contribution in [-0.2, 0) is 9.59 Å². The summed E-state index contributed by atoms with van der Waals surface area (Å²) in [6.45, 7) is 4.10. The molecule has 0 heterocycles. The number of aliphatic hydroxyl groups excluding tert-OH is 2. The predicted molar refractivity (Wildman–Crippen MR) is 184 cm³/mol. The largest absolute Gasteiger partial charge is 0.394 e. The van der Waals surface area contributed by atoms with E-state index in [0.29, 0.717) is 12.8 Å². The molecule has 0 saturated carbocycles. The lowest BCUT2D eigenvalue weighted by atomic mass is 10.0. The molecule has 5 heteroatoms. The molecule has 0 saturated heterocycles. The molecule has 2 atom stereocenters. The van der Waals surface area contributed by atoms with Gasteiger partial charge < -0.3 is 15.5 Å². The Balaban J connectivity index is 3.86. The van der Waals surface area contributed by atoms with Crippen LogP contribution in [0.3, 0.4) is 0 Å². The van der Waals surface area contributed by atoms with Crippen LogP contribution >= 0.6 is 0 Å². The summed E-state index contributed by atoms with van der Waals surface area (Å²) in [6, 6.07) is -0.669. The minimum Gasteiger partial charge on any atom is -0.394 e. The van der Waals surface area contributed by atoms with Gasteiger partial charge in [-0.15, -0.1) is 0 Å². The highest BCUT2D eigenvalue weighted by Gasteiger charge is 2.17. The number of carbonyl (C=O) groups is 2. The number of ketones is 1. The van der Waals surface area contributed by atoms with Crippen molar-refractivity contribution in [1.29, 1.82) is 0 Å². The second-order valence-electron chi connectivity index (χ2n) is 11.6. The standard InChI is InChI=1S/C38H65NO4/c1-3-5-7-8-9-10-11-12-15-18-21-24-28-32-37(42)36(34-40)39-38(43)33-29-25-22-19-16-13-14-17-20-23-27-31-35(41)30-26-6-4-2/h13-14,19-20,22-23,27-28,31-32,36-37,40,42H,3-12,15-18,21,24-26,29-30,33-34H2,1-2H3,(H,39,43)/b14-13-,22-19-,23-20-,31-27+,32-28+/t36-,37+/m0/s1. The van der Waals surface area contributed by atoms with E-state index in [4.69, 9.17) is 0 Å². The number of unbranched alkanes of at least 4 members (excludes halogenated alkanes) is 14. The predicted octanol–water partition coefficient (Wildman–Crippen LogP) is 9.41. The summed E-state index contributed by atoms with van der Waals surface area (Å²) in [6.07, 6.45) is 41.3. The molecule has 0 unspecified atom stereocenters. The molecular formula is C38H65NO4. The van der Waals surface area contributed by atoms with Gasteiger partial charge in [0.2, 0.25) is 5.91 Å². The number of rotatable bonds is 30. The summed E-state index contributed by atoms with van der Waals surface area (Å²) in [5, 5.41) is 22.8. The molecule has 1 amide bonds. The van der Waals surface area contributed by atoms with Crippen molar-refractivity contribution in [2.24, 2.45) is 0 Å². The fourth-order valence-corrected chi connectivity index (χ4v) is 4.71. The molecule has 0 aliphatic carbocycles. The Kier molecular flexibility index (Phi) is 31.0. The molecular weight excluding hydrogens is 534 g/mol. The van der Waals surface area contributed by atoms with E-state index in [0.717, 1.165) is 57.8 Å². The maximum absolute atomic E-state index is 12.3. The molecule has 43 heavy (non-hydrogen) atoms. The van der Waals surface area contributed by atoms with Crippen LogP contribution in [0.5, 0.6) is 0 Å². The van der Waals surface area contributed by atoms with Crippen molar-refractivity contribution in [2.45, 2.75) is 161 Å². The first kappa shape index (κ1) is 40.8. The molecule has 0 aliphatic rings. The van der Waals surface area contributed by atoms with Crippen molar-refractivity contribution >= 4 is 11.7 Å². The van der Waals surface area contributed by atoms with Crippen LogP contribution in [0.4, 0.5) is 0 Å². The first-order chi connectivity index (χ1) is 21.0. The van der Waals surface area contributed by atoms with Crippen molar-refractivity contribution in [1.82, 2.24) is 5.32 Å². The minimum atomic E-state index is -0.878. The smallest absolute Gasteiger partial charge is 0.220 e. The molecule has 0 spiro atoms. The molecule has 0 aliphatic heterocycles. The van der Waals surface area contributed by atoms with Crippen LogP contribution in [0.15, 0.2) is 60.8 Å². The van der Waals surface area contributed by atoms with E-state index < -0.39 is 12.1 Å².